The number of hydrogen-bond donors (Lipinski definition) is 0. The largest absolute Gasteiger partial charge is 0.465 e. The molecule has 0 radical (unpaired) electrons. The average Bonchev–Trinajstić information content (AvgIpc) is 2.40. The molecule has 20 heavy (non-hydrogen) atoms. The molecule has 1 rings (SSSR count). The normalized spacial score (nSPS) is 10.2. The number of nitrogens with zero attached hydrogens (tertiary/aromatic N) is 1. The molecule has 0 saturated carbocycles. The van der Waals surface area contributed by atoms with Crippen LogP contribution in [-0.4, -0.2) is 35.9 Å². The molecule has 0 aliphatic carbocycles. The van der Waals surface area contributed by atoms with E-state index in [1.165, 1.54) is 26.1 Å². The fourth-order valence-electron chi connectivity index (χ4n) is 1.47. The van der Waals surface area contributed by atoms with Crippen LogP contribution in [0.1, 0.15) is 24.3 Å². The SMILES string of the molecule is CCOC(=O)C(C(=O)OCC)C(=O)c1ncccc1F. The maximum absolute atomic E-state index is 13.5. The third kappa shape index (κ3) is 3.59. The van der Waals surface area contributed by atoms with Gasteiger partial charge in [0.2, 0.25) is 11.7 Å². The monoisotopic (exact) mass is 283 g/mol. The van der Waals surface area contributed by atoms with Crippen LogP contribution in [-0.2, 0) is 19.1 Å². The highest BCUT2D eigenvalue weighted by molar-refractivity contribution is 6.20. The maximum Gasteiger partial charge on any atom is 0.328 e. The van der Waals surface area contributed by atoms with E-state index in [0.29, 0.717) is 0 Å². The number of carbonyl (C=O) groups excluding carboxylic acids is 3. The summed E-state index contributed by atoms with van der Waals surface area (Å²) >= 11 is 0. The summed E-state index contributed by atoms with van der Waals surface area (Å²) in [5, 5.41) is 0. The van der Waals surface area contributed by atoms with Gasteiger partial charge in [0.1, 0.15) is 5.69 Å². The van der Waals surface area contributed by atoms with Crippen LogP contribution in [0, 0.1) is 11.7 Å². The van der Waals surface area contributed by atoms with Crippen LogP contribution in [0.3, 0.4) is 0 Å². The molecule has 7 heteroatoms. The van der Waals surface area contributed by atoms with Gasteiger partial charge in [-0.2, -0.15) is 0 Å². The summed E-state index contributed by atoms with van der Waals surface area (Å²) in [4.78, 5) is 39.0. The van der Waals surface area contributed by atoms with E-state index in [1.807, 2.05) is 0 Å². The van der Waals surface area contributed by atoms with Gasteiger partial charge in [-0.15, -0.1) is 0 Å². The number of ketones is 1. The molecule has 0 unspecified atom stereocenters. The minimum absolute atomic E-state index is 0.0211. The molecule has 0 atom stereocenters. The standard InChI is InChI=1S/C13H14FNO5/c1-3-19-12(17)9(13(18)20-4-2)11(16)10-8(14)6-5-7-15-10/h5-7,9H,3-4H2,1-2H3. The molecule has 0 saturated heterocycles. The first-order valence-electron chi connectivity index (χ1n) is 6.00. The van der Waals surface area contributed by atoms with Crippen molar-refractivity contribution in [3.05, 3.63) is 29.8 Å². The lowest BCUT2D eigenvalue weighted by atomic mass is 10.0. The lowest BCUT2D eigenvalue weighted by Crippen LogP contribution is -2.35. The molecule has 6 nitrogen and oxygen atoms in total. The van der Waals surface area contributed by atoms with Crippen molar-refractivity contribution in [1.29, 1.82) is 0 Å². The molecular weight excluding hydrogens is 269 g/mol. The van der Waals surface area contributed by atoms with Gasteiger partial charge in [-0.1, -0.05) is 0 Å². The van der Waals surface area contributed by atoms with Gasteiger partial charge in [0.05, 0.1) is 13.2 Å². The highest BCUT2D eigenvalue weighted by Gasteiger charge is 2.39. The molecule has 0 aromatic carbocycles. The second kappa shape index (κ2) is 7.32. The van der Waals surface area contributed by atoms with Crippen molar-refractivity contribution in [2.45, 2.75) is 13.8 Å². The zero-order valence-corrected chi connectivity index (χ0v) is 11.1. The predicted molar refractivity (Wildman–Crippen MR) is 65.3 cm³/mol. The van der Waals surface area contributed by atoms with Gasteiger partial charge in [0.15, 0.2) is 5.82 Å². The van der Waals surface area contributed by atoms with E-state index in [1.54, 1.807) is 0 Å². The lowest BCUT2D eigenvalue weighted by molar-refractivity contribution is -0.158. The van der Waals surface area contributed by atoms with Crippen LogP contribution in [0.25, 0.3) is 0 Å². The summed E-state index contributed by atoms with van der Waals surface area (Å²) in [6.07, 6.45) is 1.18. The number of hydrogen-bond acceptors (Lipinski definition) is 6. The van der Waals surface area contributed by atoms with Gasteiger partial charge < -0.3 is 9.47 Å². The lowest BCUT2D eigenvalue weighted by Gasteiger charge is -2.13. The molecule has 1 heterocycles. The Bertz CT molecular complexity index is 499. The molecule has 0 bridgehead atoms. The number of Topliss-reactive ketones (excluding diaryl/α,β-unsaturated/α-hetero) is 1. The maximum atomic E-state index is 13.5. The smallest absolute Gasteiger partial charge is 0.328 e. The first kappa shape index (κ1) is 15.7. The van der Waals surface area contributed by atoms with E-state index in [9.17, 15) is 18.8 Å². The van der Waals surface area contributed by atoms with Crippen LogP contribution in [0.2, 0.25) is 0 Å². The van der Waals surface area contributed by atoms with Crippen molar-refractivity contribution in [2.24, 2.45) is 5.92 Å². The van der Waals surface area contributed by atoms with E-state index >= 15 is 0 Å². The second-order valence-corrected chi connectivity index (χ2v) is 3.64. The Labute approximate surface area is 114 Å². The molecular formula is C13H14FNO5. The third-order valence-corrected chi connectivity index (χ3v) is 2.30. The Balaban J connectivity index is 3.10. The number of esters is 2. The Morgan fingerprint density at radius 2 is 1.75 bits per heavy atom. The highest BCUT2D eigenvalue weighted by Crippen LogP contribution is 2.14. The Morgan fingerprint density at radius 1 is 1.20 bits per heavy atom. The molecule has 0 N–H and O–H groups in total. The molecule has 0 aliphatic heterocycles. The summed E-state index contributed by atoms with van der Waals surface area (Å²) in [5.74, 6) is -6.03. The summed E-state index contributed by atoms with van der Waals surface area (Å²) in [5.41, 5.74) is -0.599. The van der Waals surface area contributed by atoms with Gasteiger partial charge in [-0.05, 0) is 26.0 Å². The van der Waals surface area contributed by atoms with Crippen LogP contribution >= 0.6 is 0 Å². The van der Waals surface area contributed by atoms with E-state index in [0.717, 1.165) is 6.07 Å². The quantitative estimate of drug-likeness (QED) is 0.442. The first-order chi connectivity index (χ1) is 9.52. The number of ether oxygens (including phenoxy) is 2. The number of halogens is 1. The van der Waals surface area contributed by atoms with E-state index in [2.05, 4.69) is 14.5 Å². The summed E-state index contributed by atoms with van der Waals surface area (Å²) < 4.78 is 22.8. The van der Waals surface area contributed by atoms with Crippen molar-refractivity contribution in [3.63, 3.8) is 0 Å². The second-order valence-electron chi connectivity index (χ2n) is 3.64. The van der Waals surface area contributed by atoms with Crippen molar-refractivity contribution >= 4 is 17.7 Å². The highest BCUT2D eigenvalue weighted by atomic mass is 19.1. The van der Waals surface area contributed by atoms with Crippen molar-refractivity contribution in [1.82, 2.24) is 4.98 Å². The minimum atomic E-state index is -1.86. The summed E-state index contributed by atoms with van der Waals surface area (Å²) in [6.45, 7) is 3.00. The van der Waals surface area contributed by atoms with E-state index < -0.39 is 35.2 Å². The Kier molecular flexibility index (Phi) is 5.76. The van der Waals surface area contributed by atoms with Gasteiger partial charge in [0, 0.05) is 6.20 Å². The molecule has 0 spiro atoms. The number of pyridine rings is 1. The molecule has 0 aliphatic rings. The zero-order valence-electron chi connectivity index (χ0n) is 11.1. The zero-order chi connectivity index (χ0) is 15.1. The van der Waals surface area contributed by atoms with Crippen molar-refractivity contribution in [3.8, 4) is 0 Å². The van der Waals surface area contributed by atoms with Crippen LogP contribution in [0.5, 0.6) is 0 Å². The van der Waals surface area contributed by atoms with Crippen LogP contribution in [0.15, 0.2) is 18.3 Å². The molecule has 108 valence electrons. The van der Waals surface area contributed by atoms with Crippen LogP contribution < -0.4 is 0 Å². The van der Waals surface area contributed by atoms with E-state index in [-0.39, 0.29) is 13.2 Å². The third-order valence-electron chi connectivity index (χ3n) is 2.30. The fraction of sp³-hybridized carbons (Fsp3) is 0.385. The fourth-order valence-corrected chi connectivity index (χ4v) is 1.47. The van der Waals surface area contributed by atoms with Crippen LogP contribution in [0.4, 0.5) is 4.39 Å². The molecule has 0 amide bonds. The molecule has 1 aromatic heterocycles. The van der Waals surface area contributed by atoms with E-state index in [4.69, 9.17) is 0 Å². The Hall–Kier alpha value is -2.31. The number of rotatable bonds is 6. The van der Waals surface area contributed by atoms with Gasteiger partial charge >= 0.3 is 11.9 Å². The minimum Gasteiger partial charge on any atom is -0.465 e. The van der Waals surface area contributed by atoms with Gasteiger partial charge in [0.25, 0.3) is 0 Å². The van der Waals surface area contributed by atoms with Gasteiger partial charge in [-0.25, -0.2) is 9.37 Å². The average molecular weight is 283 g/mol. The van der Waals surface area contributed by atoms with Crippen molar-refractivity contribution in [2.75, 3.05) is 13.2 Å². The van der Waals surface area contributed by atoms with Gasteiger partial charge in [-0.3, -0.25) is 14.4 Å². The number of aromatic nitrogens is 1. The first-order valence-corrected chi connectivity index (χ1v) is 6.00. The summed E-state index contributed by atoms with van der Waals surface area (Å²) in [6, 6.07) is 2.30. The topological polar surface area (TPSA) is 82.6 Å². The predicted octanol–water partition coefficient (Wildman–Crippen LogP) is 1.15. The van der Waals surface area contributed by atoms with Crippen molar-refractivity contribution < 1.29 is 28.2 Å². The number of carbonyl (C=O) groups is 3. The molecule has 0 fully saturated rings. The molecule has 1 aromatic rings. The Morgan fingerprint density at radius 3 is 2.20 bits per heavy atom. The summed E-state index contributed by atoms with van der Waals surface area (Å²) in [7, 11) is 0.